The number of fused-ring (bicyclic) bond motifs is 1. The average molecular weight is 422 g/mol. The lowest BCUT2D eigenvalue weighted by Crippen LogP contribution is -2.36. The molecule has 0 amide bonds. The minimum absolute atomic E-state index is 0.261. The minimum Gasteiger partial charge on any atom is -0.493 e. The quantitative estimate of drug-likeness (QED) is 0.684. The number of morpholine rings is 1. The molecule has 5 rings (SSSR count). The maximum absolute atomic E-state index is 5.84. The van der Waals surface area contributed by atoms with Crippen LogP contribution in [0.5, 0.6) is 5.75 Å². The first-order chi connectivity index (χ1) is 14.8. The Morgan fingerprint density at radius 3 is 2.67 bits per heavy atom. The third-order valence-electron chi connectivity index (χ3n) is 5.27. The molecule has 4 heterocycles. The fraction of sp³-hybridized carbons (Fsp3) is 0.318. The Hall–Kier alpha value is -2.84. The Kier molecular flexibility index (Phi) is 5.42. The second-order valence-electron chi connectivity index (χ2n) is 7.26. The molecule has 2 aromatic heterocycles. The number of aromatic nitrogens is 3. The molecule has 0 bridgehead atoms. The first-order valence-electron chi connectivity index (χ1n) is 10.1. The predicted molar refractivity (Wildman–Crippen MR) is 118 cm³/mol. The normalized spacial score (nSPS) is 18.5. The van der Waals surface area contributed by atoms with Crippen LogP contribution in [-0.2, 0) is 4.74 Å². The number of pyridine rings is 1. The Bertz CT molecular complexity index is 1020. The molecule has 8 heteroatoms. The number of nitrogen functional groups attached to an aromatic ring is 1. The number of hydrogen-bond acceptors (Lipinski definition) is 8. The fourth-order valence-corrected chi connectivity index (χ4v) is 4.95. The SMILES string of the molecule is Nc1ncc(-c2cc(SC3CCOc4ccccc43)cc(N3CCOCC3)n2)cn1. The lowest BCUT2D eigenvalue weighted by Gasteiger charge is -2.29. The van der Waals surface area contributed by atoms with Crippen LogP contribution in [0.15, 0.2) is 53.7 Å². The zero-order chi connectivity index (χ0) is 20.3. The lowest BCUT2D eigenvalue weighted by atomic mass is 10.1. The number of rotatable bonds is 4. The third-order valence-corrected chi connectivity index (χ3v) is 6.55. The molecule has 2 aliphatic heterocycles. The highest BCUT2D eigenvalue weighted by atomic mass is 32.2. The van der Waals surface area contributed by atoms with Gasteiger partial charge >= 0.3 is 0 Å². The molecule has 2 aliphatic rings. The topological polar surface area (TPSA) is 86.4 Å². The molecular formula is C22H23N5O2S. The molecule has 1 aromatic carbocycles. The van der Waals surface area contributed by atoms with Crippen LogP contribution in [0.3, 0.4) is 0 Å². The maximum Gasteiger partial charge on any atom is 0.219 e. The van der Waals surface area contributed by atoms with E-state index in [1.54, 1.807) is 12.4 Å². The highest BCUT2D eigenvalue weighted by molar-refractivity contribution is 7.99. The van der Waals surface area contributed by atoms with Gasteiger partial charge in [-0.25, -0.2) is 15.0 Å². The van der Waals surface area contributed by atoms with E-state index in [0.717, 1.165) is 48.9 Å². The van der Waals surface area contributed by atoms with E-state index in [1.165, 1.54) is 10.5 Å². The maximum atomic E-state index is 5.84. The predicted octanol–water partition coefficient (Wildman–Crippen LogP) is 3.57. The summed E-state index contributed by atoms with van der Waals surface area (Å²) >= 11 is 1.85. The van der Waals surface area contributed by atoms with Gasteiger partial charge in [0.15, 0.2) is 0 Å². The van der Waals surface area contributed by atoms with Crippen LogP contribution in [0, 0.1) is 0 Å². The van der Waals surface area contributed by atoms with E-state index in [0.29, 0.717) is 18.5 Å². The summed E-state index contributed by atoms with van der Waals surface area (Å²) in [6.45, 7) is 3.83. The van der Waals surface area contributed by atoms with E-state index in [4.69, 9.17) is 20.2 Å². The van der Waals surface area contributed by atoms with Gasteiger partial charge in [-0.3, -0.25) is 0 Å². The smallest absolute Gasteiger partial charge is 0.219 e. The summed E-state index contributed by atoms with van der Waals surface area (Å²) in [7, 11) is 0. The second-order valence-corrected chi connectivity index (χ2v) is 8.53. The average Bonchev–Trinajstić information content (AvgIpc) is 2.80. The van der Waals surface area contributed by atoms with Gasteiger partial charge in [-0.1, -0.05) is 18.2 Å². The van der Waals surface area contributed by atoms with Crippen LogP contribution < -0.4 is 15.4 Å². The third kappa shape index (κ3) is 4.06. The van der Waals surface area contributed by atoms with Crippen LogP contribution in [-0.4, -0.2) is 47.9 Å². The highest BCUT2D eigenvalue weighted by Crippen LogP contribution is 2.45. The summed E-state index contributed by atoms with van der Waals surface area (Å²) in [4.78, 5) is 16.6. The molecule has 1 fully saturated rings. The molecular weight excluding hydrogens is 398 g/mol. The van der Waals surface area contributed by atoms with E-state index < -0.39 is 0 Å². The Morgan fingerprint density at radius 2 is 1.83 bits per heavy atom. The van der Waals surface area contributed by atoms with Gasteiger partial charge in [0.2, 0.25) is 5.95 Å². The summed E-state index contributed by atoms with van der Waals surface area (Å²) < 4.78 is 11.4. The van der Waals surface area contributed by atoms with E-state index in [-0.39, 0.29) is 5.95 Å². The van der Waals surface area contributed by atoms with Crippen LogP contribution in [0.25, 0.3) is 11.3 Å². The molecule has 1 unspecified atom stereocenters. The number of nitrogens with zero attached hydrogens (tertiary/aromatic N) is 4. The van der Waals surface area contributed by atoms with Crippen molar-refractivity contribution in [3.8, 4) is 17.0 Å². The number of anilines is 2. The molecule has 30 heavy (non-hydrogen) atoms. The van der Waals surface area contributed by atoms with Crippen LogP contribution in [0.1, 0.15) is 17.2 Å². The first kappa shape index (κ1) is 19.1. The minimum atomic E-state index is 0.261. The Labute approximate surface area is 179 Å². The summed E-state index contributed by atoms with van der Waals surface area (Å²) in [6, 6.07) is 12.6. The van der Waals surface area contributed by atoms with Crippen molar-refractivity contribution >= 4 is 23.5 Å². The molecule has 7 nitrogen and oxygen atoms in total. The Morgan fingerprint density at radius 1 is 1.03 bits per heavy atom. The molecule has 1 saturated heterocycles. The molecule has 154 valence electrons. The number of nitrogens with two attached hydrogens (primary N) is 1. The van der Waals surface area contributed by atoms with Crippen molar-refractivity contribution in [1.82, 2.24) is 15.0 Å². The number of benzene rings is 1. The molecule has 0 aliphatic carbocycles. The van der Waals surface area contributed by atoms with Gasteiger partial charge in [-0.05, 0) is 24.6 Å². The van der Waals surface area contributed by atoms with E-state index >= 15 is 0 Å². The van der Waals surface area contributed by atoms with Crippen molar-refractivity contribution in [3.05, 3.63) is 54.4 Å². The number of para-hydroxylation sites is 1. The molecule has 1 atom stereocenters. The van der Waals surface area contributed by atoms with Crippen LogP contribution >= 0.6 is 11.8 Å². The second kappa shape index (κ2) is 8.49. The van der Waals surface area contributed by atoms with Crippen molar-refractivity contribution in [2.45, 2.75) is 16.6 Å². The summed E-state index contributed by atoms with van der Waals surface area (Å²) in [6.07, 6.45) is 4.43. The van der Waals surface area contributed by atoms with Gasteiger partial charge < -0.3 is 20.1 Å². The van der Waals surface area contributed by atoms with Gasteiger partial charge in [0.25, 0.3) is 0 Å². The van der Waals surface area contributed by atoms with Gasteiger partial charge in [0.1, 0.15) is 11.6 Å². The number of thioether (sulfide) groups is 1. The monoisotopic (exact) mass is 421 g/mol. The van der Waals surface area contributed by atoms with Crippen LogP contribution in [0.2, 0.25) is 0 Å². The molecule has 2 N–H and O–H groups in total. The zero-order valence-corrected chi connectivity index (χ0v) is 17.3. The molecule has 0 saturated carbocycles. The standard InChI is InChI=1S/C22H23N5O2S/c23-22-24-13-15(14-25-22)18-11-16(12-21(26-18)27-6-9-28-10-7-27)30-20-5-8-29-19-4-2-1-3-17(19)20/h1-4,11-14,20H,5-10H2,(H2,23,24,25). The largest absolute Gasteiger partial charge is 0.493 e. The van der Waals surface area contributed by atoms with Gasteiger partial charge in [0.05, 0.1) is 25.5 Å². The summed E-state index contributed by atoms with van der Waals surface area (Å²) in [5.74, 6) is 2.20. The molecule has 0 radical (unpaired) electrons. The van der Waals surface area contributed by atoms with Crippen molar-refractivity contribution in [2.75, 3.05) is 43.5 Å². The summed E-state index contributed by atoms with van der Waals surface area (Å²) in [5, 5.41) is 0.338. The first-order valence-corrected chi connectivity index (χ1v) is 11.0. The zero-order valence-electron chi connectivity index (χ0n) is 16.5. The van der Waals surface area contributed by atoms with E-state index in [1.807, 2.05) is 23.9 Å². The molecule has 3 aromatic rings. The number of ether oxygens (including phenoxy) is 2. The van der Waals surface area contributed by atoms with E-state index in [2.05, 4.69) is 39.1 Å². The van der Waals surface area contributed by atoms with Crippen molar-refractivity contribution < 1.29 is 9.47 Å². The van der Waals surface area contributed by atoms with Gasteiger partial charge in [-0.2, -0.15) is 0 Å². The van der Waals surface area contributed by atoms with Crippen molar-refractivity contribution in [2.24, 2.45) is 0 Å². The van der Waals surface area contributed by atoms with Gasteiger partial charge in [-0.15, -0.1) is 11.8 Å². The van der Waals surface area contributed by atoms with Crippen molar-refractivity contribution in [1.29, 1.82) is 0 Å². The van der Waals surface area contributed by atoms with E-state index in [9.17, 15) is 0 Å². The molecule has 0 spiro atoms. The Balaban J connectivity index is 1.51. The fourth-order valence-electron chi connectivity index (χ4n) is 3.73. The van der Waals surface area contributed by atoms with Crippen molar-refractivity contribution in [3.63, 3.8) is 0 Å². The van der Waals surface area contributed by atoms with Gasteiger partial charge in [0, 0.05) is 46.8 Å². The van der Waals surface area contributed by atoms with Crippen LogP contribution in [0.4, 0.5) is 11.8 Å². The number of hydrogen-bond donors (Lipinski definition) is 1. The summed E-state index contributed by atoms with van der Waals surface area (Å²) in [5.41, 5.74) is 8.62. The highest BCUT2D eigenvalue weighted by Gasteiger charge is 2.23. The lowest BCUT2D eigenvalue weighted by molar-refractivity contribution is 0.122.